The van der Waals surface area contributed by atoms with Crippen molar-refractivity contribution in [1.82, 2.24) is 5.32 Å². The van der Waals surface area contributed by atoms with E-state index in [2.05, 4.69) is 11.9 Å². The van der Waals surface area contributed by atoms with Gasteiger partial charge in [0, 0.05) is 0 Å². The first kappa shape index (κ1) is 15.9. The van der Waals surface area contributed by atoms with Gasteiger partial charge in [0.05, 0.1) is 0 Å². The molecule has 1 N–H and O–H groups in total. The summed E-state index contributed by atoms with van der Waals surface area (Å²) in [6.07, 6.45) is 9.27. The highest BCUT2D eigenvalue weighted by molar-refractivity contribution is 5.78. The lowest BCUT2D eigenvalue weighted by Gasteiger charge is -2.19. The SMILES string of the molecule is C=CC[C@@H]1CCC[C@H]1OC(=O)NCC(=O)OC1CCCC1. The minimum Gasteiger partial charge on any atom is -0.461 e. The van der Waals surface area contributed by atoms with Crippen molar-refractivity contribution in [3.63, 3.8) is 0 Å². The van der Waals surface area contributed by atoms with Crippen molar-refractivity contribution in [2.75, 3.05) is 6.54 Å². The smallest absolute Gasteiger partial charge is 0.407 e. The molecule has 0 radical (unpaired) electrons. The number of allylic oxidation sites excluding steroid dienone is 1. The molecular formula is C16H25NO4. The second kappa shape index (κ2) is 8.05. The molecule has 21 heavy (non-hydrogen) atoms. The fraction of sp³-hybridized carbons (Fsp3) is 0.750. The molecule has 2 atom stereocenters. The molecule has 0 aromatic heterocycles. The predicted octanol–water partition coefficient (Wildman–Crippen LogP) is 2.94. The van der Waals surface area contributed by atoms with Crippen LogP contribution in [0.2, 0.25) is 0 Å². The lowest BCUT2D eigenvalue weighted by Crippen LogP contribution is -2.35. The number of nitrogens with one attached hydrogen (secondary N) is 1. The summed E-state index contributed by atoms with van der Waals surface area (Å²) in [4.78, 5) is 23.3. The zero-order valence-corrected chi connectivity index (χ0v) is 12.5. The molecular weight excluding hydrogens is 270 g/mol. The molecule has 118 valence electrons. The molecule has 2 aliphatic rings. The predicted molar refractivity (Wildman–Crippen MR) is 78.8 cm³/mol. The number of hydrogen-bond donors (Lipinski definition) is 1. The van der Waals surface area contributed by atoms with Crippen LogP contribution in [0.1, 0.15) is 51.4 Å². The molecule has 2 fully saturated rings. The Morgan fingerprint density at radius 1 is 1.10 bits per heavy atom. The Kier molecular flexibility index (Phi) is 6.08. The third kappa shape index (κ3) is 5.06. The number of hydrogen-bond acceptors (Lipinski definition) is 4. The molecule has 5 nitrogen and oxygen atoms in total. The van der Waals surface area contributed by atoms with E-state index in [1.807, 2.05) is 6.08 Å². The third-order valence-electron chi connectivity index (χ3n) is 4.29. The van der Waals surface area contributed by atoms with Gasteiger partial charge < -0.3 is 14.8 Å². The molecule has 0 aromatic rings. The zero-order valence-electron chi connectivity index (χ0n) is 12.5. The summed E-state index contributed by atoms with van der Waals surface area (Å²) >= 11 is 0. The molecule has 0 saturated heterocycles. The molecule has 0 bridgehead atoms. The van der Waals surface area contributed by atoms with Crippen LogP contribution in [0.3, 0.4) is 0 Å². The van der Waals surface area contributed by atoms with Crippen molar-refractivity contribution in [3.05, 3.63) is 12.7 Å². The Morgan fingerprint density at radius 3 is 2.57 bits per heavy atom. The second-order valence-corrected chi connectivity index (χ2v) is 5.91. The summed E-state index contributed by atoms with van der Waals surface area (Å²) in [7, 11) is 0. The Labute approximate surface area is 126 Å². The van der Waals surface area contributed by atoms with E-state index in [1.54, 1.807) is 0 Å². The van der Waals surface area contributed by atoms with Gasteiger partial charge in [-0.2, -0.15) is 0 Å². The average molecular weight is 295 g/mol. The summed E-state index contributed by atoms with van der Waals surface area (Å²) in [5.74, 6) is -0.0217. The van der Waals surface area contributed by atoms with E-state index in [0.29, 0.717) is 5.92 Å². The van der Waals surface area contributed by atoms with E-state index in [-0.39, 0.29) is 24.7 Å². The molecule has 0 spiro atoms. The van der Waals surface area contributed by atoms with Crippen molar-refractivity contribution in [2.24, 2.45) is 5.92 Å². The van der Waals surface area contributed by atoms with Crippen molar-refractivity contribution < 1.29 is 19.1 Å². The number of carbonyl (C=O) groups excluding carboxylic acids is 2. The Balaban J connectivity index is 1.64. The van der Waals surface area contributed by atoms with Gasteiger partial charge in [-0.3, -0.25) is 4.79 Å². The van der Waals surface area contributed by atoms with Crippen LogP contribution in [0.25, 0.3) is 0 Å². The minimum absolute atomic E-state index is 0.0297. The summed E-state index contributed by atoms with van der Waals surface area (Å²) in [5, 5.41) is 2.48. The third-order valence-corrected chi connectivity index (χ3v) is 4.29. The highest BCUT2D eigenvalue weighted by atomic mass is 16.6. The van der Waals surface area contributed by atoms with Gasteiger partial charge in [-0.15, -0.1) is 6.58 Å². The number of alkyl carbamates (subject to hydrolysis) is 1. The van der Waals surface area contributed by atoms with Crippen molar-refractivity contribution in [2.45, 2.75) is 63.6 Å². The van der Waals surface area contributed by atoms with Crippen molar-refractivity contribution in [3.8, 4) is 0 Å². The highest BCUT2D eigenvalue weighted by Crippen LogP contribution is 2.31. The maximum atomic E-state index is 11.7. The molecule has 0 aromatic carbocycles. The molecule has 1 amide bonds. The standard InChI is InChI=1S/C16H25NO4/c1-2-6-12-7-5-10-14(12)21-16(19)17-11-15(18)20-13-8-3-4-9-13/h2,12-14H,1,3-11H2,(H,17,19)/t12-,14-/m1/s1. The molecule has 2 rings (SSSR count). The van der Waals surface area contributed by atoms with Crippen LogP contribution in [0.4, 0.5) is 4.79 Å². The first-order valence-electron chi connectivity index (χ1n) is 7.94. The lowest BCUT2D eigenvalue weighted by molar-refractivity contribution is -0.147. The molecule has 0 unspecified atom stereocenters. The van der Waals surface area contributed by atoms with Gasteiger partial charge in [0.25, 0.3) is 0 Å². The Bertz CT molecular complexity index is 376. The van der Waals surface area contributed by atoms with E-state index >= 15 is 0 Å². The first-order valence-corrected chi connectivity index (χ1v) is 7.94. The van der Waals surface area contributed by atoms with Gasteiger partial charge in [0.15, 0.2) is 0 Å². The van der Waals surface area contributed by atoms with Crippen LogP contribution >= 0.6 is 0 Å². The molecule has 2 aliphatic carbocycles. The first-order chi connectivity index (χ1) is 10.2. The van der Waals surface area contributed by atoms with Crippen LogP contribution < -0.4 is 5.32 Å². The zero-order chi connectivity index (χ0) is 15.1. The number of ether oxygens (including phenoxy) is 2. The van der Waals surface area contributed by atoms with E-state index in [9.17, 15) is 9.59 Å². The van der Waals surface area contributed by atoms with E-state index < -0.39 is 6.09 Å². The normalized spacial score (nSPS) is 25.5. The Morgan fingerprint density at radius 2 is 1.86 bits per heavy atom. The Hall–Kier alpha value is -1.52. The minimum atomic E-state index is -0.528. The quantitative estimate of drug-likeness (QED) is 0.604. The average Bonchev–Trinajstić information content (AvgIpc) is 3.10. The van der Waals surface area contributed by atoms with E-state index in [0.717, 1.165) is 51.4 Å². The monoisotopic (exact) mass is 295 g/mol. The molecule has 0 aliphatic heterocycles. The fourth-order valence-corrected chi connectivity index (χ4v) is 3.20. The maximum Gasteiger partial charge on any atom is 0.407 e. The number of carbonyl (C=O) groups is 2. The van der Waals surface area contributed by atoms with E-state index in [4.69, 9.17) is 9.47 Å². The number of rotatable bonds is 6. The van der Waals surface area contributed by atoms with Gasteiger partial charge in [-0.1, -0.05) is 6.08 Å². The summed E-state index contributed by atoms with van der Waals surface area (Å²) < 4.78 is 10.7. The summed E-state index contributed by atoms with van der Waals surface area (Å²) in [6, 6.07) is 0. The van der Waals surface area contributed by atoms with Crippen molar-refractivity contribution in [1.29, 1.82) is 0 Å². The molecule has 5 heteroatoms. The number of amides is 1. The van der Waals surface area contributed by atoms with Crippen LogP contribution in [0.15, 0.2) is 12.7 Å². The van der Waals surface area contributed by atoms with Gasteiger partial charge in [-0.05, 0) is 57.3 Å². The molecule has 2 saturated carbocycles. The summed E-state index contributed by atoms with van der Waals surface area (Å²) in [6.45, 7) is 3.61. The topological polar surface area (TPSA) is 64.6 Å². The number of esters is 1. The lowest BCUT2D eigenvalue weighted by atomic mass is 10.0. The van der Waals surface area contributed by atoms with Crippen LogP contribution in [0, 0.1) is 5.92 Å². The summed E-state index contributed by atoms with van der Waals surface area (Å²) in [5.41, 5.74) is 0. The molecule has 0 heterocycles. The van der Waals surface area contributed by atoms with Crippen LogP contribution in [0.5, 0.6) is 0 Å². The van der Waals surface area contributed by atoms with Gasteiger partial charge in [0.1, 0.15) is 18.8 Å². The van der Waals surface area contributed by atoms with Gasteiger partial charge in [-0.25, -0.2) is 4.79 Å². The fourth-order valence-electron chi connectivity index (χ4n) is 3.20. The van der Waals surface area contributed by atoms with Gasteiger partial charge >= 0.3 is 12.1 Å². The largest absolute Gasteiger partial charge is 0.461 e. The van der Waals surface area contributed by atoms with E-state index in [1.165, 1.54) is 0 Å². The van der Waals surface area contributed by atoms with Crippen molar-refractivity contribution >= 4 is 12.1 Å². The second-order valence-electron chi connectivity index (χ2n) is 5.91. The van der Waals surface area contributed by atoms with Gasteiger partial charge in [0.2, 0.25) is 0 Å². The van der Waals surface area contributed by atoms with Crippen LogP contribution in [-0.2, 0) is 14.3 Å². The van der Waals surface area contributed by atoms with Crippen LogP contribution in [-0.4, -0.2) is 30.8 Å². The highest BCUT2D eigenvalue weighted by Gasteiger charge is 2.29. The maximum absolute atomic E-state index is 11.7.